The van der Waals surface area contributed by atoms with E-state index < -0.39 is 35.7 Å². The Kier molecular flexibility index (Phi) is 10.4. The molecule has 33 heavy (non-hydrogen) atoms. The molecule has 0 spiro atoms. The number of hydrogen-bond donors (Lipinski definition) is 1. The van der Waals surface area contributed by atoms with Crippen LogP contribution < -0.4 is 5.73 Å². The van der Waals surface area contributed by atoms with Crippen LogP contribution in [-0.2, 0) is 32.1 Å². The summed E-state index contributed by atoms with van der Waals surface area (Å²) in [7, 11) is 0. The molecule has 2 amide bonds. The molecule has 0 bridgehead atoms. The van der Waals surface area contributed by atoms with Crippen molar-refractivity contribution in [1.82, 2.24) is 4.90 Å². The zero-order chi connectivity index (χ0) is 24.4. The lowest BCUT2D eigenvalue weighted by molar-refractivity contribution is -0.143. The van der Waals surface area contributed by atoms with E-state index in [1.807, 2.05) is 19.9 Å². The summed E-state index contributed by atoms with van der Waals surface area (Å²) in [6, 6.07) is 15.4. The van der Waals surface area contributed by atoms with Crippen LogP contribution in [0.1, 0.15) is 31.4 Å². The molecule has 176 valence electrons. The van der Waals surface area contributed by atoms with Crippen LogP contribution in [0.3, 0.4) is 0 Å². The van der Waals surface area contributed by atoms with Gasteiger partial charge in [-0.15, -0.1) is 0 Å². The standard InChI is InChI=1S/C25H29BrN2O5/c1-17(2)13-20(27)24(31)28(25(32)33-16-19-11-7-4-8-12-19)21(23(30)22(29)15-26)14-18-9-5-3-6-10-18/h3-12,17,20-21H,13-16,27H2,1-2H3/t20-,21-/m0/s1. The average molecular weight is 517 g/mol. The van der Waals surface area contributed by atoms with Crippen LogP contribution in [0.4, 0.5) is 4.79 Å². The van der Waals surface area contributed by atoms with Crippen LogP contribution >= 0.6 is 15.9 Å². The second-order valence-electron chi connectivity index (χ2n) is 8.11. The Morgan fingerprint density at radius 3 is 2.00 bits per heavy atom. The van der Waals surface area contributed by atoms with E-state index in [-0.39, 0.29) is 24.3 Å². The van der Waals surface area contributed by atoms with Gasteiger partial charge < -0.3 is 10.5 Å². The fourth-order valence-electron chi connectivity index (χ4n) is 3.34. The van der Waals surface area contributed by atoms with Gasteiger partial charge in [-0.2, -0.15) is 0 Å². The van der Waals surface area contributed by atoms with Crippen LogP contribution in [0.25, 0.3) is 0 Å². The Balaban J connectivity index is 2.41. The van der Waals surface area contributed by atoms with Crippen molar-refractivity contribution in [2.75, 3.05) is 5.33 Å². The molecule has 8 heteroatoms. The lowest BCUT2D eigenvalue weighted by Crippen LogP contribution is -2.56. The second kappa shape index (κ2) is 13.0. The number of ketones is 2. The van der Waals surface area contributed by atoms with Crippen LogP contribution in [-0.4, -0.2) is 45.9 Å². The number of imide groups is 1. The Labute approximate surface area is 202 Å². The zero-order valence-electron chi connectivity index (χ0n) is 18.8. The van der Waals surface area contributed by atoms with Gasteiger partial charge >= 0.3 is 6.09 Å². The van der Waals surface area contributed by atoms with Crippen molar-refractivity contribution in [3.8, 4) is 0 Å². The van der Waals surface area contributed by atoms with E-state index in [4.69, 9.17) is 10.5 Å². The first-order chi connectivity index (χ1) is 15.7. The summed E-state index contributed by atoms with van der Waals surface area (Å²) in [5, 5.41) is -0.226. The molecular weight excluding hydrogens is 488 g/mol. The molecule has 0 saturated heterocycles. The molecule has 0 radical (unpaired) electrons. The Morgan fingerprint density at radius 1 is 0.939 bits per heavy atom. The van der Waals surface area contributed by atoms with Gasteiger partial charge in [0.15, 0.2) is 0 Å². The van der Waals surface area contributed by atoms with E-state index in [2.05, 4.69) is 15.9 Å². The van der Waals surface area contributed by atoms with Gasteiger partial charge in [-0.05, 0) is 23.5 Å². The number of carbonyl (C=O) groups is 4. The lowest BCUT2D eigenvalue weighted by atomic mass is 9.97. The summed E-state index contributed by atoms with van der Waals surface area (Å²) in [6.07, 6.45) is -0.737. The van der Waals surface area contributed by atoms with E-state index >= 15 is 0 Å². The number of Topliss-reactive ketones (excluding diaryl/α,β-unsaturated/α-hetero) is 2. The van der Waals surface area contributed by atoms with E-state index in [0.29, 0.717) is 17.5 Å². The highest BCUT2D eigenvalue weighted by Crippen LogP contribution is 2.17. The number of amides is 2. The number of nitrogens with two attached hydrogens (primary N) is 1. The van der Waals surface area contributed by atoms with Crippen LogP contribution in [0.15, 0.2) is 60.7 Å². The minimum atomic E-state index is -1.37. The van der Waals surface area contributed by atoms with E-state index in [1.165, 1.54) is 0 Å². The van der Waals surface area contributed by atoms with Gasteiger partial charge in [0.25, 0.3) is 0 Å². The summed E-state index contributed by atoms with van der Waals surface area (Å²) >= 11 is 3.00. The predicted octanol–water partition coefficient (Wildman–Crippen LogP) is 3.67. The first-order valence-corrected chi connectivity index (χ1v) is 11.8. The molecule has 2 N–H and O–H groups in total. The fourth-order valence-corrected chi connectivity index (χ4v) is 3.61. The van der Waals surface area contributed by atoms with Crippen molar-refractivity contribution in [2.24, 2.45) is 11.7 Å². The van der Waals surface area contributed by atoms with Crippen LogP contribution in [0, 0.1) is 5.92 Å². The number of hydrogen-bond acceptors (Lipinski definition) is 6. The SMILES string of the molecule is CC(C)C[C@H](N)C(=O)N(C(=O)OCc1ccccc1)[C@@H](Cc1ccccc1)C(=O)C(=O)CBr. The van der Waals surface area contributed by atoms with Gasteiger partial charge in [0.05, 0.1) is 11.4 Å². The third-order valence-electron chi connectivity index (χ3n) is 4.96. The van der Waals surface area contributed by atoms with Crippen molar-refractivity contribution in [3.63, 3.8) is 0 Å². The molecule has 2 rings (SSSR count). The third-order valence-corrected chi connectivity index (χ3v) is 5.47. The molecule has 7 nitrogen and oxygen atoms in total. The number of benzene rings is 2. The maximum Gasteiger partial charge on any atom is 0.417 e. The number of ether oxygens (including phenoxy) is 1. The predicted molar refractivity (Wildman–Crippen MR) is 129 cm³/mol. The van der Waals surface area contributed by atoms with Gasteiger partial charge in [0.2, 0.25) is 17.5 Å². The summed E-state index contributed by atoms with van der Waals surface area (Å²) in [4.78, 5) is 52.5. The Bertz CT molecular complexity index is 950. The molecule has 0 aromatic heterocycles. The fraction of sp³-hybridized carbons (Fsp3) is 0.360. The van der Waals surface area contributed by atoms with E-state index in [1.54, 1.807) is 54.6 Å². The lowest BCUT2D eigenvalue weighted by Gasteiger charge is -2.30. The highest BCUT2D eigenvalue weighted by Gasteiger charge is 2.40. The van der Waals surface area contributed by atoms with Crippen LogP contribution in [0.2, 0.25) is 0 Å². The topological polar surface area (TPSA) is 107 Å². The van der Waals surface area contributed by atoms with E-state index in [0.717, 1.165) is 4.90 Å². The summed E-state index contributed by atoms with van der Waals surface area (Å²) in [6.45, 7) is 3.69. The molecule has 2 atom stereocenters. The average Bonchev–Trinajstić information content (AvgIpc) is 2.82. The minimum Gasteiger partial charge on any atom is -0.444 e. The number of carbonyl (C=O) groups excluding carboxylic acids is 4. The molecule has 2 aromatic rings. The monoisotopic (exact) mass is 516 g/mol. The molecule has 0 fully saturated rings. The highest BCUT2D eigenvalue weighted by molar-refractivity contribution is 9.09. The van der Waals surface area contributed by atoms with Gasteiger partial charge in [-0.3, -0.25) is 14.4 Å². The maximum absolute atomic E-state index is 13.3. The van der Waals surface area contributed by atoms with Gasteiger partial charge in [0.1, 0.15) is 12.6 Å². The molecule has 0 unspecified atom stereocenters. The molecule has 0 heterocycles. The first kappa shape index (κ1) is 26.4. The summed E-state index contributed by atoms with van der Waals surface area (Å²) in [5.74, 6) is -2.28. The third kappa shape index (κ3) is 7.91. The minimum absolute atomic E-state index is 0.0288. The van der Waals surface area contributed by atoms with Gasteiger partial charge in [0, 0.05) is 6.42 Å². The quantitative estimate of drug-likeness (QED) is 0.360. The number of nitrogens with zero attached hydrogens (tertiary/aromatic N) is 1. The van der Waals surface area contributed by atoms with Crippen molar-refractivity contribution in [3.05, 3.63) is 71.8 Å². The molecule has 0 aliphatic carbocycles. The normalized spacial score (nSPS) is 12.6. The second-order valence-corrected chi connectivity index (χ2v) is 8.67. The molecular formula is C25H29BrN2O5. The highest BCUT2D eigenvalue weighted by atomic mass is 79.9. The molecule has 2 aromatic carbocycles. The number of rotatable bonds is 11. The van der Waals surface area contributed by atoms with Crippen molar-refractivity contribution < 1.29 is 23.9 Å². The maximum atomic E-state index is 13.3. The molecule has 0 aliphatic rings. The van der Waals surface area contributed by atoms with Crippen molar-refractivity contribution in [1.29, 1.82) is 0 Å². The molecule has 0 aliphatic heterocycles. The first-order valence-electron chi connectivity index (χ1n) is 10.7. The van der Waals surface area contributed by atoms with Crippen molar-refractivity contribution in [2.45, 2.75) is 45.4 Å². The zero-order valence-corrected chi connectivity index (χ0v) is 20.4. The molecule has 0 saturated carbocycles. The van der Waals surface area contributed by atoms with Crippen LogP contribution in [0.5, 0.6) is 0 Å². The number of halogens is 1. The Morgan fingerprint density at radius 2 is 1.48 bits per heavy atom. The smallest absolute Gasteiger partial charge is 0.417 e. The Hall–Kier alpha value is -2.84. The van der Waals surface area contributed by atoms with Gasteiger partial charge in [-0.1, -0.05) is 90.4 Å². The van der Waals surface area contributed by atoms with E-state index in [9.17, 15) is 19.2 Å². The number of alkyl halides is 1. The van der Waals surface area contributed by atoms with Gasteiger partial charge in [-0.25, -0.2) is 9.69 Å². The summed E-state index contributed by atoms with van der Waals surface area (Å²) < 4.78 is 5.38. The summed E-state index contributed by atoms with van der Waals surface area (Å²) in [5.41, 5.74) is 7.50. The largest absolute Gasteiger partial charge is 0.444 e. The van der Waals surface area contributed by atoms with Crippen molar-refractivity contribution >= 4 is 39.5 Å².